The van der Waals surface area contributed by atoms with Crippen LogP contribution in [0.4, 0.5) is 0 Å². The Hall–Kier alpha value is -4.47. The zero-order valence-electron chi connectivity index (χ0n) is 33.4. The largest absolute Gasteiger partial charge is 2.00 e. The van der Waals surface area contributed by atoms with E-state index < -0.39 is 0 Å². The van der Waals surface area contributed by atoms with Crippen LogP contribution >= 0.6 is 0 Å². The van der Waals surface area contributed by atoms with Gasteiger partial charge in [0.15, 0.2) is 0 Å². The summed E-state index contributed by atoms with van der Waals surface area (Å²) in [5, 5.41) is 7.29. The Morgan fingerprint density at radius 2 is 1.39 bits per heavy atom. The zero-order chi connectivity index (χ0) is 37.6. The number of fused-ring (bicyclic) bond motifs is 3. The van der Waals surface area contributed by atoms with Gasteiger partial charge in [-0.1, -0.05) is 76.1 Å². The molecular formula is C50H52N4OPt. The van der Waals surface area contributed by atoms with Gasteiger partial charge in [0.1, 0.15) is 5.82 Å². The van der Waals surface area contributed by atoms with E-state index in [9.17, 15) is 0 Å². The summed E-state index contributed by atoms with van der Waals surface area (Å²) >= 11 is 0. The second kappa shape index (κ2) is 16.2. The second-order valence-corrected chi connectivity index (χ2v) is 16.5. The molecule has 0 aliphatic heterocycles. The van der Waals surface area contributed by atoms with Gasteiger partial charge >= 0.3 is 21.1 Å². The summed E-state index contributed by atoms with van der Waals surface area (Å²) in [7, 11) is 0. The molecule has 0 atom stereocenters. The molecule has 9 rings (SSSR count). The molecule has 2 aliphatic carbocycles. The van der Waals surface area contributed by atoms with E-state index in [1.807, 2.05) is 29.1 Å². The first-order valence-corrected chi connectivity index (χ1v) is 20.7. The van der Waals surface area contributed by atoms with Gasteiger partial charge in [-0.25, -0.2) is 4.98 Å². The van der Waals surface area contributed by atoms with Gasteiger partial charge in [-0.05, 0) is 132 Å². The molecule has 288 valence electrons. The van der Waals surface area contributed by atoms with Crippen LogP contribution in [0, 0.1) is 32.9 Å². The molecule has 3 aromatic heterocycles. The van der Waals surface area contributed by atoms with Gasteiger partial charge in [0.05, 0.1) is 6.20 Å². The number of aromatic nitrogens is 4. The summed E-state index contributed by atoms with van der Waals surface area (Å²) in [4.78, 5) is 4.81. The van der Waals surface area contributed by atoms with Crippen LogP contribution in [0.2, 0.25) is 0 Å². The van der Waals surface area contributed by atoms with Gasteiger partial charge in [-0.2, -0.15) is 17.2 Å². The van der Waals surface area contributed by atoms with Crippen LogP contribution in [-0.2, 0) is 21.1 Å². The Balaban J connectivity index is 0.00000441. The molecule has 6 heteroatoms. The molecule has 0 unspecified atom stereocenters. The van der Waals surface area contributed by atoms with Crippen molar-refractivity contribution in [2.75, 3.05) is 0 Å². The molecule has 2 fully saturated rings. The summed E-state index contributed by atoms with van der Waals surface area (Å²) in [5.74, 6) is 3.76. The van der Waals surface area contributed by atoms with Crippen molar-refractivity contribution in [2.24, 2.45) is 0 Å². The Morgan fingerprint density at radius 3 is 2.09 bits per heavy atom. The van der Waals surface area contributed by atoms with Gasteiger partial charge < -0.3 is 9.30 Å². The van der Waals surface area contributed by atoms with E-state index in [2.05, 4.69) is 112 Å². The molecule has 0 amide bonds. The van der Waals surface area contributed by atoms with Crippen molar-refractivity contribution in [1.82, 2.24) is 19.3 Å². The molecule has 0 saturated heterocycles. The molecule has 0 bridgehead atoms. The fraction of sp³-hybridized carbons (Fsp3) is 0.360. The quantitative estimate of drug-likeness (QED) is 0.143. The molecule has 0 N–H and O–H groups in total. The van der Waals surface area contributed by atoms with Crippen molar-refractivity contribution in [3.8, 4) is 34.1 Å². The fourth-order valence-electron chi connectivity index (χ4n) is 9.74. The van der Waals surface area contributed by atoms with E-state index in [0.717, 1.165) is 33.3 Å². The van der Waals surface area contributed by atoms with Crippen LogP contribution in [0.5, 0.6) is 11.5 Å². The van der Waals surface area contributed by atoms with E-state index in [1.54, 1.807) is 11.1 Å². The Kier molecular flexibility index (Phi) is 11.1. The minimum Gasteiger partial charge on any atom is -0.509 e. The maximum absolute atomic E-state index is 6.54. The van der Waals surface area contributed by atoms with Crippen LogP contribution in [0.3, 0.4) is 0 Å². The molecule has 2 aliphatic rings. The van der Waals surface area contributed by atoms with E-state index in [-0.39, 0.29) is 21.1 Å². The third-order valence-corrected chi connectivity index (χ3v) is 12.8. The van der Waals surface area contributed by atoms with Crippen LogP contribution in [0.15, 0.2) is 85.3 Å². The van der Waals surface area contributed by atoms with E-state index in [4.69, 9.17) is 14.8 Å². The van der Waals surface area contributed by atoms with Crippen molar-refractivity contribution in [3.05, 3.63) is 131 Å². The monoisotopic (exact) mass is 919 g/mol. The molecule has 3 heterocycles. The van der Waals surface area contributed by atoms with Crippen LogP contribution in [-0.4, -0.2) is 19.3 Å². The first kappa shape index (κ1) is 38.4. The van der Waals surface area contributed by atoms with Crippen LogP contribution in [0.1, 0.15) is 129 Å². The third-order valence-electron chi connectivity index (χ3n) is 12.8. The zero-order valence-corrected chi connectivity index (χ0v) is 35.7. The smallest absolute Gasteiger partial charge is 0.509 e. The maximum atomic E-state index is 6.54. The standard InChI is InChI=1S/C50H52N4O.Pt/c1-32(2)38-25-26-51-47(27-38)54-45-22-13-12-21-43(45)44-24-23-42(29-46(44)54)55-41-20-14-19-40(28-41)53-31-39(30-52-53)50-48(36-15-8-6-9-16-36)34(4)33(3)35(5)49(50)37-17-10-7-11-18-37;/h12-14,19-27,30-32,36-37H,6-11,15-18H2,1-5H3;/q-2;+2. The van der Waals surface area contributed by atoms with Crippen LogP contribution in [0.25, 0.3) is 44.4 Å². The summed E-state index contributed by atoms with van der Waals surface area (Å²) in [6.07, 6.45) is 19.4. The number of para-hydroxylation sites is 1. The Labute approximate surface area is 346 Å². The average molecular weight is 920 g/mol. The average Bonchev–Trinajstić information content (AvgIpc) is 3.84. The molecule has 56 heavy (non-hydrogen) atoms. The predicted octanol–water partition coefficient (Wildman–Crippen LogP) is 13.6. The van der Waals surface area contributed by atoms with Gasteiger partial charge in [0.2, 0.25) is 0 Å². The molecular weight excluding hydrogens is 868 g/mol. The van der Waals surface area contributed by atoms with Gasteiger partial charge in [-0.3, -0.25) is 4.68 Å². The first-order chi connectivity index (χ1) is 26.9. The van der Waals surface area contributed by atoms with Gasteiger partial charge in [-0.15, -0.1) is 35.7 Å². The van der Waals surface area contributed by atoms with E-state index in [0.29, 0.717) is 29.3 Å². The topological polar surface area (TPSA) is 44.9 Å². The summed E-state index contributed by atoms with van der Waals surface area (Å²) < 4.78 is 10.7. The van der Waals surface area contributed by atoms with E-state index in [1.165, 1.54) is 97.6 Å². The SMILES string of the molecule is Cc1c(C)c(C2CCCCC2)c(-c2cnn(-c3[c-]c(Oc4[c-]c5c(cc4)c4ccccc4n5-c4cc(C(C)C)ccn4)ccc3)c2)c(C2CCCCC2)c1C.[Pt+2]. The van der Waals surface area contributed by atoms with Crippen molar-refractivity contribution in [2.45, 2.75) is 117 Å². The number of rotatable bonds is 8. The minimum absolute atomic E-state index is 0. The van der Waals surface area contributed by atoms with Crippen LogP contribution < -0.4 is 4.74 Å². The number of hydrogen-bond acceptors (Lipinski definition) is 3. The molecule has 4 aromatic carbocycles. The molecule has 2 saturated carbocycles. The third kappa shape index (κ3) is 7.06. The summed E-state index contributed by atoms with van der Waals surface area (Å²) in [6.45, 7) is 11.6. The van der Waals surface area contributed by atoms with Gasteiger partial charge in [0, 0.05) is 35.0 Å². The molecule has 7 aromatic rings. The molecule has 0 radical (unpaired) electrons. The van der Waals surface area contributed by atoms with Crippen molar-refractivity contribution in [1.29, 1.82) is 0 Å². The maximum Gasteiger partial charge on any atom is 2.00 e. The molecule has 0 spiro atoms. The number of ether oxygens (including phenoxy) is 1. The fourth-order valence-corrected chi connectivity index (χ4v) is 9.74. The molecule has 5 nitrogen and oxygen atoms in total. The summed E-state index contributed by atoms with van der Waals surface area (Å²) in [5.41, 5.74) is 14.5. The van der Waals surface area contributed by atoms with E-state index >= 15 is 0 Å². The number of nitrogens with zero attached hydrogens (tertiary/aromatic N) is 4. The predicted molar refractivity (Wildman–Crippen MR) is 225 cm³/mol. The van der Waals surface area contributed by atoms with Crippen molar-refractivity contribution >= 4 is 21.8 Å². The first-order valence-electron chi connectivity index (χ1n) is 20.7. The Morgan fingerprint density at radius 1 is 0.714 bits per heavy atom. The Bertz CT molecular complexity index is 2470. The normalized spacial score (nSPS) is 15.5. The van der Waals surface area contributed by atoms with Crippen molar-refractivity contribution in [3.63, 3.8) is 0 Å². The number of benzene rings is 4. The van der Waals surface area contributed by atoms with Crippen molar-refractivity contribution < 1.29 is 25.8 Å². The number of hydrogen-bond donors (Lipinski definition) is 0. The second-order valence-electron chi connectivity index (χ2n) is 16.5. The minimum atomic E-state index is 0. The van der Waals surface area contributed by atoms with Gasteiger partial charge in [0.25, 0.3) is 0 Å². The number of pyridine rings is 1. The summed E-state index contributed by atoms with van der Waals surface area (Å²) in [6, 6.07) is 30.1.